The molecule has 2 aliphatic heterocycles. The molecule has 2 aliphatic carbocycles. The van der Waals surface area contributed by atoms with Crippen LogP contribution in [0.15, 0.2) is 12.2 Å². The lowest BCUT2D eigenvalue weighted by molar-refractivity contribution is -0.244. The molecule has 7 atom stereocenters. The van der Waals surface area contributed by atoms with E-state index in [9.17, 15) is 40.8 Å². The van der Waals surface area contributed by atoms with Crippen molar-refractivity contribution < 1.29 is 49.8 Å². The number of carbonyl (C=O) groups is 4. The van der Waals surface area contributed by atoms with E-state index in [1.807, 2.05) is 32.9 Å². The second-order valence-electron chi connectivity index (χ2n) is 14.5. The number of ether oxygens (including phenoxy) is 1. The van der Waals surface area contributed by atoms with Crippen LogP contribution in [-0.4, -0.2) is 77.8 Å². The Morgan fingerprint density at radius 1 is 1.15 bits per heavy atom. The van der Waals surface area contributed by atoms with Crippen LogP contribution in [0.5, 0.6) is 0 Å². The number of allylic oxidation sites excluding steroid dienone is 1. The molecular weight excluding hydrogens is 629 g/mol. The van der Waals surface area contributed by atoms with E-state index in [0.29, 0.717) is 52.4 Å². The number of carbonyl (C=O) groups excluding carboxylic acids is 4. The molecule has 3 fully saturated rings. The minimum Gasteiger partial charge on any atom is -0.434 e. The number of halogens is 3. The normalized spacial score (nSPS) is 34.2. The van der Waals surface area contributed by atoms with E-state index in [4.69, 9.17) is 4.74 Å². The lowest BCUT2D eigenvalue weighted by Gasteiger charge is -2.35. The van der Waals surface area contributed by atoms with Crippen molar-refractivity contribution in [2.75, 3.05) is 6.54 Å². The zero-order valence-electron chi connectivity index (χ0n) is 27.3. The summed E-state index contributed by atoms with van der Waals surface area (Å²) in [4.78, 5) is 55.8. The topological polar surface area (TPSA) is 151 Å². The number of hydrogen-bond acceptors (Lipinski definition) is 7. The first kappa shape index (κ1) is 36.0. The lowest BCUT2D eigenvalue weighted by Crippen LogP contribution is -2.60. The second kappa shape index (κ2) is 12.6. The Labute approximate surface area is 273 Å². The molecule has 46 heavy (non-hydrogen) atoms. The zero-order chi connectivity index (χ0) is 34.5. The summed E-state index contributed by atoms with van der Waals surface area (Å²) in [6.45, 7) is 8.76. The summed E-state index contributed by atoms with van der Waals surface area (Å²) in [6, 6.07) is -2.33. The first-order chi connectivity index (χ1) is 21.2. The number of fused-ring (bicyclic) bond motifs is 2. The Morgan fingerprint density at radius 3 is 2.39 bits per heavy atom. The number of alkyl carbamates (subject to hydrolysis) is 1. The van der Waals surface area contributed by atoms with Gasteiger partial charge in [0.25, 0.3) is 5.91 Å². The van der Waals surface area contributed by atoms with Crippen molar-refractivity contribution in [3.8, 4) is 0 Å². The van der Waals surface area contributed by atoms with Crippen molar-refractivity contribution in [3.63, 3.8) is 0 Å². The van der Waals surface area contributed by atoms with E-state index in [1.54, 1.807) is 6.92 Å². The second-order valence-corrected chi connectivity index (χ2v) is 16.7. The van der Waals surface area contributed by atoms with Gasteiger partial charge in [-0.1, -0.05) is 39.3 Å². The van der Waals surface area contributed by atoms with Crippen molar-refractivity contribution in [1.82, 2.24) is 20.3 Å². The largest absolute Gasteiger partial charge is 0.434 e. The van der Waals surface area contributed by atoms with Gasteiger partial charge in [0.2, 0.25) is 27.4 Å². The molecular formula is C31H53F3N4O7S. The van der Waals surface area contributed by atoms with Gasteiger partial charge in [0.1, 0.15) is 17.6 Å². The molecule has 0 radical (unpaired) electrons. The molecule has 11 nitrogen and oxygen atoms in total. The Kier molecular flexibility index (Phi) is 9.90. The maximum absolute atomic E-state index is 14.2. The maximum Gasteiger partial charge on any atom is 0.427 e. The minimum absolute atomic E-state index is 0. The van der Waals surface area contributed by atoms with Crippen molar-refractivity contribution in [2.24, 2.45) is 23.7 Å². The molecule has 266 valence electrons. The number of sulfonamides is 1. The molecule has 0 aromatic heterocycles. The highest BCUT2D eigenvalue weighted by atomic mass is 32.2. The third-order valence-electron chi connectivity index (χ3n) is 10.2. The van der Waals surface area contributed by atoms with Crippen molar-refractivity contribution >= 4 is 33.8 Å². The van der Waals surface area contributed by atoms with Crippen LogP contribution in [0.2, 0.25) is 0 Å². The van der Waals surface area contributed by atoms with Crippen LogP contribution in [0.3, 0.4) is 0 Å². The predicted octanol–water partition coefficient (Wildman–Crippen LogP) is 4.67. The maximum atomic E-state index is 14.2. The first-order valence-corrected chi connectivity index (χ1v) is 17.6. The van der Waals surface area contributed by atoms with E-state index < -0.39 is 79.8 Å². The molecule has 0 aromatic carbocycles. The average molecular weight is 683 g/mol. The molecule has 0 spiro atoms. The Hall–Kier alpha value is -2.84. The lowest BCUT2D eigenvalue weighted by atomic mass is 9.85. The van der Waals surface area contributed by atoms with Gasteiger partial charge in [0, 0.05) is 16.7 Å². The van der Waals surface area contributed by atoms with Gasteiger partial charge in [0.15, 0.2) is 0 Å². The van der Waals surface area contributed by atoms with Crippen LogP contribution in [0.1, 0.15) is 97.2 Å². The quantitative estimate of drug-likeness (QED) is 0.345. The van der Waals surface area contributed by atoms with Gasteiger partial charge in [-0.05, 0) is 83.5 Å². The van der Waals surface area contributed by atoms with Crippen LogP contribution >= 0.6 is 0 Å². The van der Waals surface area contributed by atoms with Gasteiger partial charge in [-0.15, -0.1) is 0 Å². The van der Waals surface area contributed by atoms with Crippen LogP contribution in [0.25, 0.3) is 0 Å². The molecule has 4 aliphatic rings. The molecule has 4 amide bonds. The van der Waals surface area contributed by atoms with Gasteiger partial charge >= 0.3 is 12.3 Å². The van der Waals surface area contributed by atoms with Crippen LogP contribution in [0, 0.1) is 23.7 Å². The molecule has 2 heterocycles. The van der Waals surface area contributed by atoms with Gasteiger partial charge in [-0.25, -0.2) is 13.2 Å². The number of hydrogen-bond donors (Lipinski definition) is 3. The van der Waals surface area contributed by atoms with Crippen LogP contribution in [0.4, 0.5) is 18.0 Å². The third kappa shape index (κ3) is 7.33. The van der Waals surface area contributed by atoms with E-state index >= 15 is 0 Å². The fourth-order valence-electron chi connectivity index (χ4n) is 6.42. The molecule has 1 saturated heterocycles. The number of rotatable bonds is 6. The van der Waals surface area contributed by atoms with E-state index in [0.717, 1.165) is 0 Å². The standard InChI is InChI=1S/C31H47F3N4O7S.3H2/c1-7-20-14-18(2)10-8-9-11-21-16-30(21,26(41)37-46(43,44)29(6)12-13-29)36-24(39)22-15-19(3)17-38(22)25(40)23(20)35-27(42)45-28(4,5)31(32,33)34;;;/h9,11,18-23H,7-8,10,12-17H2,1-6H3,(H,35,42)(H,36,39)(H,37,41);3*1H/b11-9-;;;/t18-,19-,20-,21-,22+,23+,30-;;;/m1.../s1. The molecule has 0 aromatic rings. The summed E-state index contributed by atoms with van der Waals surface area (Å²) >= 11 is 0. The Bertz CT molecular complexity index is 1380. The monoisotopic (exact) mass is 682 g/mol. The summed E-state index contributed by atoms with van der Waals surface area (Å²) in [6.07, 6.45) is 0.861. The molecule has 2 saturated carbocycles. The highest BCUT2D eigenvalue weighted by Gasteiger charge is 2.63. The summed E-state index contributed by atoms with van der Waals surface area (Å²) < 4.78 is 72.2. The fraction of sp³-hybridized carbons (Fsp3) is 0.806. The van der Waals surface area contributed by atoms with Crippen LogP contribution in [-0.2, 0) is 29.1 Å². The molecule has 0 bridgehead atoms. The molecule has 15 heteroatoms. The number of amides is 4. The smallest absolute Gasteiger partial charge is 0.427 e. The summed E-state index contributed by atoms with van der Waals surface area (Å²) in [5.74, 6) is -3.13. The molecule has 4 rings (SSSR count). The number of nitrogens with one attached hydrogen (secondary N) is 3. The summed E-state index contributed by atoms with van der Waals surface area (Å²) in [5, 5.41) is 5.20. The third-order valence-corrected chi connectivity index (χ3v) is 12.3. The predicted molar refractivity (Wildman–Crippen MR) is 169 cm³/mol. The van der Waals surface area contributed by atoms with Gasteiger partial charge < -0.3 is 20.3 Å². The Morgan fingerprint density at radius 2 is 1.80 bits per heavy atom. The highest BCUT2D eigenvalue weighted by molar-refractivity contribution is 7.91. The number of nitrogens with zero attached hydrogens (tertiary/aromatic N) is 1. The van der Waals surface area contributed by atoms with Gasteiger partial charge in [-0.2, -0.15) is 13.2 Å². The highest BCUT2D eigenvalue weighted by Crippen LogP contribution is 2.47. The van der Waals surface area contributed by atoms with Gasteiger partial charge in [-0.3, -0.25) is 19.1 Å². The van der Waals surface area contributed by atoms with Crippen molar-refractivity contribution in [3.05, 3.63) is 12.2 Å². The summed E-state index contributed by atoms with van der Waals surface area (Å²) in [7, 11) is -3.98. The molecule has 0 unspecified atom stereocenters. The minimum atomic E-state index is -4.85. The fourth-order valence-corrected chi connectivity index (χ4v) is 7.74. The molecule has 3 N–H and O–H groups in total. The van der Waals surface area contributed by atoms with Crippen LogP contribution < -0.4 is 15.4 Å². The average Bonchev–Trinajstić information content (AvgIpc) is 3.82. The first-order valence-electron chi connectivity index (χ1n) is 16.1. The number of alkyl halides is 3. The van der Waals surface area contributed by atoms with E-state index in [1.165, 1.54) is 4.90 Å². The zero-order valence-corrected chi connectivity index (χ0v) is 28.1. The van der Waals surface area contributed by atoms with E-state index in [-0.39, 0.29) is 35.5 Å². The Balaban J connectivity index is 0.00000400. The van der Waals surface area contributed by atoms with E-state index in [2.05, 4.69) is 15.4 Å². The van der Waals surface area contributed by atoms with Crippen molar-refractivity contribution in [1.29, 1.82) is 0 Å². The SMILES string of the molecule is CC[C@@H]1C[C@H](C)CC/C=C\[C@@H]2C[C@@]2(C(=O)NS(=O)(=O)C2(C)CC2)NC(=O)[C@@H]2C[C@@H](C)CN2C(=O)[C@H]1NC(=O)OC(C)(C)C(F)(F)F.[HH].[HH].[HH]. The van der Waals surface area contributed by atoms with Gasteiger partial charge in [0.05, 0.1) is 4.75 Å². The van der Waals surface area contributed by atoms with Crippen molar-refractivity contribution in [2.45, 2.75) is 127 Å². The summed E-state index contributed by atoms with van der Waals surface area (Å²) in [5.41, 5.74) is -4.33.